The van der Waals surface area contributed by atoms with Crippen molar-refractivity contribution in [2.75, 3.05) is 0 Å². The smallest absolute Gasteiger partial charge is 0.419 e. The molecule has 3 N–H and O–H groups in total. The molecule has 0 aromatic heterocycles. The van der Waals surface area contributed by atoms with Crippen molar-refractivity contribution in [3.63, 3.8) is 0 Å². The van der Waals surface area contributed by atoms with Gasteiger partial charge in [0.1, 0.15) is 17.3 Å². The van der Waals surface area contributed by atoms with Gasteiger partial charge in [0.2, 0.25) is 0 Å². The van der Waals surface area contributed by atoms with Crippen molar-refractivity contribution in [1.29, 1.82) is 5.41 Å². The molecule has 2 aromatic rings. The van der Waals surface area contributed by atoms with E-state index in [0.29, 0.717) is 5.02 Å². The summed E-state index contributed by atoms with van der Waals surface area (Å²) in [7, 11) is 0. The third-order valence-electron chi connectivity index (χ3n) is 2.64. The van der Waals surface area contributed by atoms with Crippen LogP contribution in [0.5, 0.6) is 11.5 Å². The van der Waals surface area contributed by atoms with E-state index in [0.717, 1.165) is 6.07 Å². The van der Waals surface area contributed by atoms with Crippen LogP contribution in [0, 0.1) is 5.41 Å². The van der Waals surface area contributed by atoms with Crippen LogP contribution in [0.3, 0.4) is 0 Å². The predicted octanol–water partition coefficient (Wildman–Crippen LogP) is 4.44. The van der Waals surface area contributed by atoms with Gasteiger partial charge in [-0.1, -0.05) is 23.7 Å². The van der Waals surface area contributed by atoms with E-state index < -0.39 is 11.7 Å². The molecular formula is C14H10ClF3N2O. The first-order chi connectivity index (χ1) is 9.79. The van der Waals surface area contributed by atoms with Gasteiger partial charge >= 0.3 is 6.18 Å². The number of nitrogens with two attached hydrogens (primary N) is 1. The van der Waals surface area contributed by atoms with E-state index in [4.69, 9.17) is 27.5 Å². The SMILES string of the molecule is N=C(N)c1cc(Cl)ccc1Oc1ccccc1C(F)(F)F. The minimum Gasteiger partial charge on any atom is -0.456 e. The second kappa shape index (κ2) is 5.65. The molecule has 21 heavy (non-hydrogen) atoms. The number of amidine groups is 1. The summed E-state index contributed by atoms with van der Waals surface area (Å²) in [6, 6.07) is 8.97. The lowest BCUT2D eigenvalue weighted by molar-refractivity contribution is -0.138. The molecule has 0 spiro atoms. The predicted molar refractivity (Wildman–Crippen MR) is 74.0 cm³/mol. The van der Waals surface area contributed by atoms with E-state index in [1.54, 1.807) is 0 Å². The van der Waals surface area contributed by atoms with Crippen LogP contribution in [-0.4, -0.2) is 5.84 Å². The zero-order valence-corrected chi connectivity index (χ0v) is 11.3. The minimum atomic E-state index is -4.54. The van der Waals surface area contributed by atoms with E-state index in [9.17, 15) is 13.2 Å². The number of benzene rings is 2. The van der Waals surface area contributed by atoms with Crippen molar-refractivity contribution >= 4 is 17.4 Å². The number of ether oxygens (including phenoxy) is 1. The molecule has 0 unspecified atom stereocenters. The number of nitrogens with one attached hydrogen (secondary N) is 1. The van der Waals surface area contributed by atoms with Crippen LogP contribution in [0.15, 0.2) is 42.5 Å². The Morgan fingerprint density at radius 1 is 1.10 bits per heavy atom. The molecule has 7 heteroatoms. The number of alkyl halides is 3. The molecule has 0 atom stereocenters. The lowest BCUT2D eigenvalue weighted by atomic mass is 10.1. The summed E-state index contributed by atoms with van der Waals surface area (Å²) in [6.07, 6.45) is -4.54. The summed E-state index contributed by atoms with van der Waals surface area (Å²) >= 11 is 5.78. The molecule has 0 saturated heterocycles. The molecule has 2 rings (SSSR count). The fourth-order valence-corrected chi connectivity index (χ4v) is 1.88. The molecule has 0 heterocycles. The van der Waals surface area contributed by atoms with E-state index in [1.807, 2.05) is 0 Å². The lowest BCUT2D eigenvalue weighted by Crippen LogP contribution is -2.13. The molecule has 0 aliphatic carbocycles. The fraction of sp³-hybridized carbons (Fsp3) is 0.0714. The normalized spacial score (nSPS) is 11.2. The van der Waals surface area contributed by atoms with Gasteiger partial charge in [0.25, 0.3) is 0 Å². The first kappa shape index (κ1) is 15.2. The van der Waals surface area contributed by atoms with Gasteiger partial charge in [-0.05, 0) is 30.3 Å². The third kappa shape index (κ3) is 3.46. The van der Waals surface area contributed by atoms with Crippen LogP contribution in [0.1, 0.15) is 11.1 Å². The molecule has 0 fully saturated rings. The van der Waals surface area contributed by atoms with E-state index in [1.165, 1.54) is 36.4 Å². The minimum absolute atomic E-state index is 0.0311. The number of halogens is 4. The Bertz CT molecular complexity index is 686. The highest BCUT2D eigenvalue weighted by Gasteiger charge is 2.34. The molecule has 0 aliphatic heterocycles. The number of rotatable bonds is 3. The van der Waals surface area contributed by atoms with Crippen LogP contribution < -0.4 is 10.5 Å². The van der Waals surface area contributed by atoms with Crippen molar-refractivity contribution < 1.29 is 17.9 Å². The topological polar surface area (TPSA) is 59.1 Å². The Hall–Kier alpha value is -2.21. The summed E-state index contributed by atoms with van der Waals surface area (Å²) in [5.41, 5.74) is 4.60. The van der Waals surface area contributed by atoms with Crippen molar-refractivity contribution in [3.8, 4) is 11.5 Å². The van der Waals surface area contributed by atoms with Gasteiger partial charge < -0.3 is 10.5 Å². The van der Waals surface area contributed by atoms with E-state index in [-0.39, 0.29) is 22.9 Å². The zero-order valence-electron chi connectivity index (χ0n) is 10.5. The van der Waals surface area contributed by atoms with Gasteiger partial charge in [-0.3, -0.25) is 5.41 Å². The van der Waals surface area contributed by atoms with Gasteiger partial charge in [-0.2, -0.15) is 13.2 Å². The van der Waals surface area contributed by atoms with Crippen LogP contribution >= 0.6 is 11.6 Å². The Balaban J connectivity index is 2.47. The van der Waals surface area contributed by atoms with Crippen LogP contribution in [0.2, 0.25) is 5.02 Å². The van der Waals surface area contributed by atoms with Crippen molar-refractivity contribution in [2.45, 2.75) is 6.18 Å². The Labute approximate surface area is 123 Å². The van der Waals surface area contributed by atoms with Gasteiger partial charge in [0, 0.05) is 5.02 Å². The molecular weight excluding hydrogens is 305 g/mol. The third-order valence-corrected chi connectivity index (χ3v) is 2.88. The summed E-state index contributed by atoms with van der Waals surface area (Å²) in [4.78, 5) is 0. The van der Waals surface area contributed by atoms with Gasteiger partial charge in [0.05, 0.1) is 11.1 Å². The molecule has 110 valence electrons. The van der Waals surface area contributed by atoms with Crippen molar-refractivity contribution in [1.82, 2.24) is 0 Å². The zero-order chi connectivity index (χ0) is 15.6. The average Bonchev–Trinajstić information content (AvgIpc) is 2.40. The van der Waals surface area contributed by atoms with E-state index in [2.05, 4.69) is 0 Å². The Kier molecular flexibility index (Phi) is 4.09. The van der Waals surface area contributed by atoms with Crippen LogP contribution in [-0.2, 0) is 6.18 Å². The highest BCUT2D eigenvalue weighted by Crippen LogP contribution is 2.38. The summed E-state index contributed by atoms with van der Waals surface area (Å²) in [6.45, 7) is 0. The quantitative estimate of drug-likeness (QED) is 0.650. The number of para-hydroxylation sites is 1. The second-order valence-corrected chi connectivity index (χ2v) is 4.59. The monoisotopic (exact) mass is 314 g/mol. The highest BCUT2D eigenvalue weighted by molar-refractivity contribution is 6.31. The van der Waals surface area contributed by atoms with E-state index >= 15 is 0 Å². The number of hydrogen-bond acceptors (Lipinski definition) is 2. The maximum atomic E-state index is 12.9. The molecule has 0 saturated carbocycles. The first-order valence-corrected chi connectivity index (χ1v) is 6.15. The van der Waals surface area contributed by atoms with Gasteiger partial charge in [-0.15, -0.1) is 0 Å². The number of nitrogen functional groups attached to an aromatic ring is 1. The Morgan fingerprint density at radius 3 is 2.38 bits per heavy atom. The van der Waals surface area contributed by atoms with Crippen molar-refractivity contribution in [2.24, 2.45) is 5.73 Å². The van der Waals surface area contributed by atoms with Crippen molar-refractivity contribution in [3.05, 3.63) is 58.6 Å². The molecule has 0 aliphatic rings. The fourth-order valence-electron chi connectivity index (χ4n) is 1.71. The lowest BCUT2D eigenvalue weighted by Gasteiger charge is -2.15. The molecule has 3 nitrogen and oxygen atoms in total. The summed E-state index contributed by atoms with van der Waals surface area (Å²) < 4.78 is 44.0. The molecule has 0 radical (unpaired) electrons. The first-order valence-electron chi connectivity index (χ1n) is 5.77. The summed E-state index contributed by atoms with van der Waals surface area (Å²) in [5, 5.41) is 7.73. The molecule has 2 aromatic carbocycles. The standard InChI is InChI=1S/C14H10ClF3N2O/c15-8-5-6-11(9(7-8)13(19)20)21-12-4-2-1-3-10(12)14(16,17)18/h1-7H,(H3,19,20). The Morgan fingerprint density at radius 2 is 1.76 bits per heavy atom. The maximum Gasteiger partial charge on any atom is 0.419 e. The highest BCUT2D eigenvalue weighted by atomic mass is 35.5. The second-order valence-electron chi connectivity index (χ2n) is 4.15. The maximum absolute atomic E-state index is 12.9. The average molecular weight is 315 g/mol. The van der Waals surface area contributed by atoms with Gasteiger partial charge in [0.15, 0.2) is 0 Å². The summed E-state index contributed by atoms with van der Waals surface area (Å²) in [5.74, 6) is -0.685. The largest absolute Gasteiger partial charge is 0.456 e. The molecule has 0 bridgehead atoms. The van der Waals surface area contributed by atoms with Crippen LogP contribution in [0.25, 0.3) is 0 Å². The van der Waals surface area contributed by atoms with Gasteiger partial charge in [-0.25, -0.2) is 0 Å². The number of hydrogen-bond donors (Lipinski definition) is 2. The van der Waals surface area contributed by atoms with Crippen LogP contribution in [0.4, 0.5) is 13.2 Å². The molecule has 0 amide bonds.